The van der Waals surface area contributed by atoms with Gasteiger partial charge in [-0.25, -0.2) is 0 Å². The summed E-state index contributed by atoms with van der Waals surface area (Å²) < 4.78 is 5.95. The summed E-state index contributed by atoms with van der Waals surface area (Å²) >= 11 is 11.0. The van der Waals surface area contributed by atoms with Crippen molar-refractivity contribution in [3.63, 3.8) is 0 Å². The third-order valence-electron chi connectivity index (χ3n) is 11.0. The van der Waals surface area contributed by atoms with Crippen LogP contribution in [0.3, 0.4) is 0 Å². The Morgan fingerprint density at radius 1 is 0.439 bits per heavy atom. The van der Waals surface area contributed by atoms with Crippen molar-refractivity contribution in [1.82, 2.24) is 4.57 Å². The number of rotatable bonds is 1. The quantitative estimate of drug-likeness (QED) is 0.155. The fourth-order valence-corrected chi connectivity index (χ4v) is 9.14. The van der Waals surface area contributed by atoms with Crippen molar-refractivity contribution in [3.8, 4) is 16.8 Å². The Hall–Kier alpha value is -3.44. The predicted octanol–water partition coefficient (Wildman–Crippen LogP) is 17.2. The number of halogens is 3. The number of hydrogen-bond acceptors (Lipinski definition) is 0. The largest absolute Gasteiger partial charge is 0.309 e. The lowest BCUT2D eigenvalue weighted by molar-refractivity contribution is 0.567. The van der Waals surface area contributed by atoms with Crippen LogP contribution in [0.2, 0.25) is 0 Å². The zero-order valence-corrected chi connectivity index (χ0v) is 40.6. The van der Waals surface area contributed by atoms with Gasteiger partial charge in [0.2, 0.25) is 0 Å². The number of para-hydroxylation sites is 1. The fourth-order valence-electron chi connectivity index (χ4n) is 7.46. The minimum atomic E-state index is 0.0926. The molecule has 1 aliphatic rings. The van der Waals surface area contributed by atoms with Gasteiger partial charge in [0.1, 0.15) is 0 Å². The third kappa shape index (κ3) is 9.56. The number of aromatic nitrogens is 1. The lowest BCUT2D eigenvalue weighted by Gasteiger charge is -2.26. The average Bonchev–Trinajstić information content (AvgIpc) is 3.68. The van der Waals surface area contributed by atoms with Crippen LogP contribution in [0.15, 0.2) is 135 Å². The van der Waals surface area contributed by atoms with Gasteiger partial charge in [0, 0.05) is 29.9 Å². The first-order valence-electron chi connectivity index (χ1n) is 20.1. The Bertz CT molecular complexity index is 2500. The summed E-state index contributed by atoms with van der Waals surface area (Å²) in [4.78, 5) is 0. The molecule has 0 saturated carbocycles. The molecule has 57 heavy (non-hydrogen) atoms. The maximum Gasteiger partial charge on any atom is 0.0552 e. The number of benzene rings is 6. The minimum absolute atomic E-state index is 0.0926. The Kier molecular flexibility index (Phi) is 12.3. The Morgan fingerprint density at radius 3 is 1.47 bits per heavy atom. The van der Waals surface area contributed by atoms with Crippen molar-refractivity contribution in [1.29, 1.82) is 0 Å². The molecule has 0 N–H and O–H groups in total. The maximum atomic E-state index is 3.78. The molecule has 1 aliphatic carbocycles. The molecule has 0 bridgehead atoms. The van der Waals surface area contributed by atoms with Crippen LogP contribution in [0.4, 0.5) is 0 Å². The zero-order valence-electron chi connectivity index (χ0n) is 35.8. The van der Waals surface area contributed by atoms with Crippen LogP contribution in [0.1, 0.15) is 116 Å². The molecule has 0 spiro atoms. The summed E-state index contributed by atoms with van der Waals surface area (Å²) in [6.07, 6.45) is 1.07. The molecule has 8 rings (SSSR count). The lowest BCUT2D eigenvalue weighted by Crippen LogP contribution is -2.17. The molecule has 1 heterocycles. The van der Waals surface area contributed by atoms with Crippen molar-refractivity contribution in [2.24, 2.45) is 0 Å². The molecule has 0 radical (unpaired) electrons. The highest BCUT2D eigenvalue weighted by atomic mass is 79.9. The first-order chi connectivity index (χ1) is 26.5. The predicted molar refractivity (Wildman–Crippen MR) is 260 cm³/mol. The second-order valence-electron chi connectivity index (χ2n) is 19.6. The average molecular weight is 949 g/mol. The molecule has 7 aromatic rings. The van der Waals surface area contributed by atoms with Crippen LogP contribution < -0.4 is 0 Å². The van der Waals surface area contributed by atoms with Crippen LogP contribution in [0, 0.1) is 0 Å². The smallest absolute Gasteiger partial charge is 0.0552 e. The van der Waals surface area contributed by atoms with Crippen molar-refractivity contribution >= 4 is 69.6 Å². The van der Waals surface area contributed by atoms with E-state index in [1.807, 2.05) is 0 Å². The van der Waals surface area contributed by atoms with Crippen LogP contribution >= 0.6 is 47.8 Å². The van der Waals surface area contributed by atoms with Gasteiger partial charge >= 0.3 is 0 Å². The highest BCUT2D eigenvalue weighted by Gasteiger charge is 2.24. The minimum Gasteiger partial charge on any atom is -0.309 e. The van der Waals surface area contributed by atoms with E-state index in [2.05, 4.69) is 257 Å². The molecule has 6 aromatic carbocycles. The second-order valence-corrected chi connectivity index (χ2v) is 22.2. The van der Waals surface area contributed by atoms with E-state index in [1.165, 1.54) is 80.9 Å². The molecule has 4 heteroatoms. The fraction of sp³-hybridized carbons (Fsp3) is 0.321. The van der Waals surface area contributed by atoms with Gasteiger partial charge < -0.3 is 4.57 Å². The molecule has 0 amide bonds. The highest BCUT2D eigenvalue weighted by Crippen LogP contribution is 2.41. The van der Waals surface area contributed by atoms with Crippen LogP contribution in [-0.4, -0.2) is 4.57 Å². The van der Waals surface area contributed by atoms with Crippen LogP contribution in [-0.2, 0) is 28.1 Å². The van der Waals surface area contributed by atoms with Crippen LogP contribution in [0.25, 0.3) is 38.6 Å². The molecule has 1 nitrogen and oxygen atoms in total. The molecular weight excluding hydrogens is 890 g/mol. The molecule has 296 valence electrons. The zero-order chi connectivity index (χ0) is 41.7. The van der Waals surface area contributed by atoms with Gasteiger partial charge in [-0.3, -0.25) is 0 Å². The number of nitrogens with zero attached hydrogens (tertiary/aromatic N) is 1. The van der Waals surface area contributed by atoms with Crippen LogP contribution in [0.5, 0.6) is 0 Å². The third-order valence-corrected chi connectivity index (χ3v) is 12.7. The summed E-state index contributed by atoms with van der Waals surface area (Å²) in [5, 5.41) is 2.56. The molecular formula is C53H58Br3N. The van der Waals surface area contributed by atoms with Crippen molar-refractivity contribution in [3.05, 3.63) is 168 Å². The van der Waals surface area contributed by atoms with Gasteiger partial charge in [-0.15, -0.1) is 0 Å². The van der Waals surface area contributed by atoms with E-state index in [9.17, 15) is 0 Å². The Balaban J connectivity index is 0.000000159. The van der Waals surface area contributed by atoms with E-state index < -0.39 is 0 Å². The standard InChI is InChI=1S/C26H28BrN.C14H21Br.C13H9Br/c1-25(2,3)17-14-18(26(4,5)6)16-19(15-17)28-22-12-8-7-10-20(22)24-21(27)11-9-13-23(24)28;1-13(2,3)10-7-11(14(4,5)6)9-12(15)8-10;14-12-7-3-5-10-8-9-4-1-2-6-11(9)13(10)12/h7-16H,1-6H3;7-9H,1-6H3;1-7H,8H2. The summed E-state index contributed by atoms with van der Waals surface area (Å²) in [5.41, 5.74) is 15.5. The summed E-state index contributed by atoms with van der Waals surface area (Å²) in [5.74, 6) is 0. The number of fused-ring (bicyclic) bond motifs is 6. The number of hydrogen-bond donors (Lipinski definition) is 0. The van der Waals surface area contributed by atoms with E-state index in [-0.39, 0.29) is 21.7 Å². The maximum absolute atomic E-state index is 3.78. The molecule has 0 atom stereocenters. The highest BCUT2D eigenvalue weighted by molar-refractivity contribution is 9.11. The Labute approximate surface area is 367 Å². The Morgan fingerprint density at radius 2 is 0.895 bits per heavy atom. The van der Waals surface area contributed by atoms with Gasteiger partial charge in [-0.1, -0.05) is 204 Å². The first kappa shape index (κ1) is 43.1. The normalized spacial score (nSPS) is 12.8. The van der Waals surface area contributed by atoms with E-state index in [0.717, 1.165) is 10.9 Å². The monoisotopic (exact) mass is 945 g/mol. The molecule has 0 fully saturated rings. The molecule has 0 saturated heterocycles. The summed E-state index contributed by atoms with van der Waals surface area (Å²) in [6.45, 7) is 27.3. The van der Waals surface area contributed by atoms with Gasteiger partial charge in [0.05, 0.1) is 11.0 Å². The van der Waals surface area contributed by atoms with E-state index in [1.54, 1.807) is 0 Å². The van der Waals surface area contributed by atoms with Crippen molar-refractivity contribution in [2.45, 2.75) is 111 Å². The molecule has 0 aliphatic heterocycles. The van der Waals surface area contributed by atoms with Crippen molar-refractivity contribution in [2.75, 3.05) is 0 Å². The van der Waals surface area contributed by atoms with Gasteiger partial charge in [0.25, 0.3) is 0 Å². The SMILES string of the molecule is Brc1cccc2c1-c1ccccc1C2.CC(C)(C)c1cc(-n2c3ccccc3c3c(Br)cccc32)cc(C(C)(C)C)c1.CC(C)(C)c1cc(Br)cc(C(C)(C)C)c1. The first-order valence-corrected chi connectivity index (χ1v) is 22.4. The van der Waals surface area contributed by atoms with E-state index in [4.69, 9.17) is 0 Å². The van der Waals surface area contributed by atoms with E-state index >= 15 is 0 Å². The van der Waals surface area contributed by atoms with Gasteiger partial charge in [-0.05, 0) is 121 Å². The van der Waals surface area contributed by atoms with Gasteiger partial charge in [-0.2, -0.15) is 0 Å². The second kappa shape index (κ2) is 16.3. The summed E-state index contributed by atoms with van der Waals surface area (Å²) in [6, 6.07) is 44.1. The molecule has 1 aromatic heterocycles. The summed E-state index contributed by atoms with van der Waals surface area (Å²) in [7, 11) is 0. The lowest BCUT2D eigenvalue weighted by atomic mass is 9.80. The molecule has 0 unspecified atom stereocenters. The van der Waals surface area contributed by atoms with Gasteiger partial charge in [0.15, 0.2) is 0 Å². The topological polar surface area (TPSA) is 4.93 Å². The van der Waals surface area contributed by atoms with E-state index in [0.29, 0.717) is 0 Å². The van der Waals surface area contributed by atoms with Crippen molar-refractivity contribution < 1.29 is 0 Å².